The summed E-state index contributed by atoms with van der Waals surface area (Å²) >= 11 is 1.76. The van der Waals surface area contributed by atoms with E-state index in [-0.39, 0.29) is 24.8 Å². The Kier molecular flexibility index (Phi) is 7.91. The van der Waals surface area contributed by atoms with Crippen LogP contribution in [0.3, 0.4) is 0 Å². The summed E-state index contributed by atoms with van der Waals surface area (Å²) in [7, 11) is 0. The normalized spacial score (nSPS) is 12.7. The Morgan fingerprint density at radius 1 is 0.889 bits per heavy atom. The Morgan fingerprint density at radius 3 is 2.37 bits per heavy atom. The van der Waals surface area contributed by atoms with Gasteiger partial charge in [-0.3, -0.25) is 0 Å². The predicted molar refractivity (Wildman–Crippen MR) is 115 cm³/mol. The van der Waals surface area contributed by atoms with E-state index in [0.717, 1.165) is 6.42 Å². The molecule has 0 saturated carbocycles. The summed E-state index contributed by atoms with van der Waals surface area (Å²) < 4.78 is 5.46. The molecule has 137 valence electrons. The summed E-state index contributed by atoms with van der Waals surface area (Å²) in [5.41, 5.74) is 7.88. The van der Waals surface area contributed by atoms with Gasteiger partial charge in [-0.25, -0.2) is 0 Å². The maximum atomic E-state index is 5.46. The fourth-order valence-corrected chi connectivity index (χ4v) is 3.89. The molecule has 4 rings (SSSR count). The Labute approximate surface area is 185 Å². The van der Waals surface area contributed by atoms with Crippen LogP contribution in [0.5, 0.6) is 0 Å². The first-order valence-electron chi connectivity index (χ1n) is 8.54. The van der Waals surface area contributed by atoms with Gasteiger partial charge in [0.25, 0.3) is 0 Å². The number of hydrogen-bond donors (Lipinski definition) is 0. The predicted octanol–water partition coefficient (Wildman–Crippen LogP) is 7.06. The van der Waals surface area contributed by atoms with Crippen molar-refractivity contribution in [1.29, 1.82) is 0 Å². The number of hydrogen-bond acceptors (Lipinski definition) is 1. The molecule has 0 unspecified atom stereocenters. The Balaban J connectivity index is 0.00000131. The average molecular weight is 432 g/mol. The van der Waals surface area contributed by atoms with Gasteiger partial charge in [-0.05, 0) is 0 Å². The van der Waals surface area contributed by atoms with E-state index in [9.17, 15) is 0 Å². The maximum Gasteiger partial charge on any atom is -0.147 e. The number of benzene rings is 3. The SMILES string of the molecule is CC1=CCC(c2ccc3ccccc3c2-c2ccccc2C[O][Ti])=C1.Cl.Cl. The summed E-state index contributed by atoms with van der Waals surface area (Å²) in [4.78, 5) is 0. The standard InChI is InChI=1S/C23H19O.2ClH.Ti/c1-16-10-11-18(14-16)22-13-12-17-6-2-4-8-20(17)23(22)21-9-5-3-7-19(21)15-24;;;/h2-10,12-14H,11,15H2,1H3;2*1H;/q-1;;;+1. The topological polar surface area (TPSA) is 9.23 Å². The number of halogens is 2. The second-order valence-corrected chi connectivity index (χ2v) is 6.93. The Hall–Kier alpha value is -1.35. The summed E-state index contributed by atoms with van der Waals surface area (Å²) in [5, 5.41) is 2.57. The van der Waals surface area contributed by atoms with Gasteiger partial charge < -0.3 is 0 Å². The maximum absolute atomic E-state index is 5.46. The van der Waals surface area contributed by atoms with E-state index in [2.05, 4.69) is 79.7 Å². The third-order valence-corrected chi connectivity index (χ3v) is 5.06. The quantitative estimate of drug-likeness (QED) is 0.401. The van der Waals surface area contributed by atoms with Gasteiger partial charge in [0, 0.05) is 0 Å². The molecule has 0 atom stereocenters. The second kappa shape index (κ2) is 9.73. The number of rotatable bonds is 4. The van der Waals surface area contributed by atoms with E-state index in [0.29, 0.717) is 6.61 Å². The number of allylic oxidation sites excluding steroid dienone is 4. The van der Waals surface area contributed by atoms with Gasteiger partial charge in [0.1, 0.15) is 0 Å². The van der Waals surface area contributed by atoms with Crippen molar-refractivity contribution >= 4 is 41.2 Å². The van der Waals surface area contributed by atoms with Crippen LogP contribution in [0.2, 0.25) is 0 Å². The van der Waals surface area contributed by atoms with Gasteiger partial charge in [0.15, 0.2) is 0 Å². The minimum atomic E-state index is 0. The molecule has 1 aliphatic rings. The van der Waals surface area contributed by atoms with Crippen molar-refractivity contribution in [3.05, 3.63) is 89.5 Å². The van der Waals surface area contributed by atoms with Crippen LogP contribution in [0.15, 0.2) is 78.4 Å². The molecule has 0 heterocycles. The summed E-state index contributed by atoms with van der Waals surface area (Å²) in [5.74, 6) is 0. The van der Waals surface area contributed by atoms with Gasteiger partial charge >= 0.3 is 161 Å². The van der Waals surface area contributed by atoms with Crippen LogP contribution in [0.25, 0.3) is 27.5 Å². The first-order valence-corrected chi connectivity index (χ1v) is 9.18. The van der Waals surface area contributed by atoms with E-state index in [1.165, 1.54) is 44.2 Å². The zero-order chi connectivity index (χ0) is 17.2. The van der Waals surface area contributed by atoms with E-state index < -0.39 is 0 Å². The third-order valence-electron chi connectivity index (χ3n) is 4.84. The Morgan fingerprint density at radius 2 is 1.63 bits per heavy atom. The summed E-state index contributed by atoms with van der Waals surface area (Å²) in [6.45, 7) is 2.79. The molecular formula is C23H21Cl2OTi. The first kappa shape index (κ1) is 21.9. The van der Waals surface area contributed by atoms with Crippen molar-refractivity contribution in [2.45, 2.75) is 20.0 Å². The van der Waals surface area contributed by atoms with Gasteiger partial charge in [-0.1, -0.05) is 0 Å². The molecule has 3 aromatic rings. The molecule has 3 aromatic carbocycles. The molecule has 1 nitrogen and oxygen atoms in total. The molecule has 0 N–H and O–H groups in total. The van der Waals surface area contributed by atoms with Crippen LogP contribution < -0.4 is 0 Å². The van der Waals surface area contributed by atoms with Crippen molar-refractivity contribution in [2.75, 3.05) is 0 Å². The average Bonchev–Trinajstić information content (AvgIpc) is 3.08. The van der Waals surface area contributed by atoms with Crippen molar-refractivity contribution in [3.8, 4) is 11.1 Å². The van der Waals surface area contributed by atoms with Crippen LogP contribution >= 0.6 is 24.8 Å². The molecule has 4 heteroatoms. The molecule has 0 bridgehead atoms. The van der Waals surface area contributed by atoms with Gasteiger partial charge in [-0.2, -0.15) is 0 Å². The zero-order valence-corrected chi connectivity index (χ0v) is 18.3. The van der Waals surface area contributed by atoms with E-state index >= 15 is 0 Å². The van der Waals surface area contributed by atoms with Crippen LogP contribution in [0, 0.1) is 0 Å². The molecule has 0 radical (unpaired) electrons. The van der Waals surface area contributed by atoms with Crippen LogP contribution in [0.1, 0.15) is 24.5 Å². The molecule has 0 spiro atoms. The van der Waals surface area contributed by atoms with E-state index in [1.807, 2.05) is 0 Å². The van der Waals surface area contributed by atoms with Crippen LogP contribution in [-0.2, 0) is 30.7 Å². The van der Waals surface area contributed by atoms with Crippen LogP contribution in [-0.4, -0.2) is 0 Å². The largest absolute Gasteiger partial charge is 0.147 e. The second-order valence-electron chi connectivity index (χ2n) is 6.48. The molecular weight excluding hydrogens is 411 g/mol. The fraction of sp³-hybridized carbons (Fsp3) is 0.130. The molecule has 0 fully saturated rings. The minimum Gasteiger partial charge on any atom is -0.147 e. The van der Waals surface area contributed by atoms with Crippen molar-refractivity contribution < 1.29 is 24.1 Å². The monoisotopic (exact) mass is 431 g/mol. The van der Waals surface area contributed by atoms with Crippen molar-refractivity contribution in [1.82, 2.24) is 0 Å². The fourth-order valence-electron chi connectivity index (χ4n) is 3.65. The first-order chi connectivity index (χ1) is 12.3. The molecule has 0 amide bonds. The van der Waals surface area contributed by atoms with E-state index in [4.69, 9.17) is 3.32 Å². The van der Waals surface area contributed by atoms with Crippen molar-refractivity contribution in [3.63, 3.8) is 0 Å². The van der Waals surface area contributed by atoms with Gasteiger partial charge in [0.05, 0.1) is 0 Å². The zero-order valence-electron chi connectivity index (χ0n) is 15.1. The number of fused-ring (bicyclic) bond motifs is 1. The van der Waals surface area contributed by atoms with Crippen LogP contribution in [0.4, 0.5) is 0 Å². The summed E-state index contributed by atoms with van der Waals surface area (Å²) in [6.07, 6.45) is 5.62. The summed E-state index contributed by atoms with van der Waals surface area (Å²) in [6, 6.07) is 21.7. The van der Waals surface area contributed by atoms with Gasteiger partial charge in [-0.15, -0.1) is 24.8 Å². The van der Waals surface area contributed by atoms with E-state index in [1.54, 1.807) is 20.8 Å². The Bertz CT molecular complexity index is 1010. The third kappa shape index (κ3) is 4.40. The molecule has 0 aromatic heterocycles. The van der Waals surface area contributed by atoms with Gasteiger partial charge in [0.2, 0.25) is 0 Å². The molecule has 0 saturated heterocycles. The molecule has 1 aliphatic carbocycles. The smallest absolute Gasteiger partial charge is 0.147 e. The molecule has 27 heavy (non-hydrogen) atoms. The molecule has 0 aliphatic heterocycles. The minimum absolute atomic E-state index is 0. The van der Waals surface area contributed by atoms with Crippen molar-refractivity contribution in [2.24, 2.45) is 0 Å².